The van der Waals surface area contributed by atoms with Crippen LogP contribution in [0.4, 0.5) is 0 Å². The Hall–Kier alpha value is 1.50. The van der Waals surface area contributed by atoms with E-state index in [9.17, 15) is 0 Å². The normalized spacial score (nSPS) is 1.00. The van der Waals surface area contributed by atoms with Crippen molar-refractivity contribution in [3.8, 4) is 0 Å². The van der Waals surface area contributed by atoms with Crippen LogP contribution in [-0.2, 0) is 23.1 Å². The number of rotatable bonds is 0. The standard InChI is InChI=1S/HOP.Sb.V.3H/c1-2;;;;;/h2H;;;;;. The summed E-state index contributed by atoms with van der Waals surface area (Å²) in [5.74, 6) is 0. The van der Waals surface area contributed by atoms with Crippen LogP contribution in [0, 0.1) is 0 Å². The molecular formula is H4OPSbV. The Kier molecular flexibility index (Phi) is 109. The summed E-state index contributed by atoms with van der Waals surface area (Å²) in [6.45, 7) is 0. The zero-order valence-electron chi connectivity index (χ0n) is 2.06. The molecule has 0 aliphatic heterocycles. The van der Waals surface area contributed by atoms with E-state index in [0.717, 1.165) is 0 Å². The Morgan fingerprint density at radius 3 is 1.25 bits per heavy atom. The molecule has 0 saturated carbocycles. The van der Waals surface area contributed by atoms with Crippen molar-refractivity contribution in [3.63, 3.8) is 0 Å². The Morgan fingerprint density at radius 2 is 1.25 bits per heavy atom. The summed E-state index contributed by atoms with van der Waals surface area (Å²) >= 11 is 0. The first kappa shape index (κ1) is 17.8. The van der Waals surface area contributed by atoms with Crippen LogP contribution >= 0.6 is 9.12 Å². The van der Waals surface area contributed by atoms with Crippen molar-refractivity contribution >= 4 is 33.5 Å². The van der Waals surface area contributed by atoms with Crippen molar-refractivity contribution < 1.29 is 23.1 Å². The third kappa shape index (κ3) is 9.72. The van der Waals surface area contributed by atoms with Gasteiger partial charge in [0.1, 0.15) is 9.12 Å². The molecule has 0 aliphatic carbocycles. The van der Waals surface area contributed by atoms with E-state index in [1.54, 1.807) is 9.12 Å². The molecule has 0 N–H and O–H groups in total. The molecule has 0 aromatic carbocycles. The minimum atomic E-state index is 0. The fraction of sp³-hybridized carbons (Fsp3) is 0. The zero-order chi connectivity index (χ0) is 2.00. The fourth-order valence-electron chi connectivity index (χ4n) is 0. The van der Waals surface area contributed by atoms with Crippen LogP contribution in [0.3, 0.4) is 0 Å². The quantitative estimate of drug-likeness (QED) is 0.392. The Morgan fingerprint density at radius 1 is 1.25 bits per heavy atom. The van der Waals surface area contributed by atoms with Gasteiger partial charge in [-0.05, 0) is 0 Å². The van der Waals surface area contributed by atoms with Crippen molar-refractivity contribution in [2.45, 2.75) is 0 Å². The third-order valence-electron chi connectivity index (χ3n) is 0. The third-order valence-corrected chi connectivity index (χ3v) is 0. The van der Waals surface area contributed by atoms with Crippen molar-refractivity contribution in [2.24, 2.45) is 0 Å². The molecule has 0 heterocycles. The summed E-state index contributed by atoms with van der Waals surface area (Å²) in [6, 6.07) is 0. The van der Waals surface area contributed by atoms with E-state index in [0.29, 0.717) is 0 Å². The number of hydrogen-bond donors (Lipinski definition) is 0. The average molecular weight is 224 g/mol. The molecule has 0 aliphatic rings. The largest absolute Gasteiger partial charge is 0 e. The zero-order valence-corrected chi connectivity index (χ0v) is 8.50. The molecule has 0 aromatic rings. The maximum atomic E-state index is 8.06. The SMILES string of the molecule is O=P.[SbH3].[V]. The molecule has 0 saturated heterocycles. The minimum absolute atomic E-state index is 0. The molecular weight excluding hydrogens is 220 g/mol. The summed E-state index contributed by atoms with van der Waals surface area (Å²) in [7, 11) is 1.72. The van der Waals surface area contributed by atoms with Gasteiger partial charge in [-0.25, -0.2) is 0 Å². The summed E-state index contributed by atoms with van der Waals surface area (Å²) in [5.41, 5.74) is 0. The van der Waals surface area contributed by atoms with Gasteiger partial charge in [-0.2, -0.15) is 0 Å². The first-order valence-corrected chi connectivity index (χ1v) is 0.612. The van der Waals surface area contributed by atoms with Crippen LogP contribution < -0.4 is 0 Å². The van der Waals surface area contributed by atoms with Crippen LogP contribution in [-0.4, -0.2) is 24.4 Å². The number of hydrogen-bond acceptors (Lipinski definition) is 1. The Balaban J connectivity index is -0.00000000500. The molecule has 1 nitrogen and oxygen atoms in total. The van der Waals surface area contributed by atoms with Gasteiger partial charge in [-0.1, -0.05) is 0 Å². The van der Waals surface area contributed by atoms with Crippen LogP contribution in [0.5, 0.6) is 0 Å². The van der Waals surface area contributed by atoms with Crippen LogP contribution in [0.25, 0.3) is 0 Å². The Labute approximate surface area is 56.5 Å². The van der Waals surface area contributed by atoms with Gasteiger partial charge in [0.25, 0.3) is 0 Å². The maximum absolute atomic E-state index is 8.06. The predicted octanol–water partition coefficient (Wildman–Crippen LogP) is -0.712. The second-order valence-corrected chi connectivity index (χ2v) is 0. The van der Waals surface area contributed by atoms with Gasteiger partial charge in [0, 0.05) is 18.6 Å². The van der Waals surface area contributed by atoms with E-state index < -0.39 is 0 Å². The van der Waals surface area contributed by atoms with E-state index in [1.165, 1.54) is 0 Å². The molecule has 0 unspecified atom stereocenters. The fourth-order valence-corrected chi connectivity index (χ4v) is 0. The summed E-state index contributed by atoms with van der Waals surface area (Å²) < 4.78 is 8.06. The molecule has 0 aromatic heterocycles. The first-order valence-electron chi connectivity index (χ1n) is 0.204. The molecule has 25 valence electrons. The van der Waals surface area contributed by atoms with Crippen molar-refractivity contribution in [2.75, 3.05) is 0 Å². The monoisotopic (exact) mass is 223 g/mol. The van der Waals surface area contributed by atoms with E-state index in [2.05, 4.69) is 0 Å². The van der Waals surface area contributed by atoms with Gasteiger partial charge in [-0.3, -0.25) is 4.57 Å². The average Bonchev–Trinajstić information content (AvgIpc) is 1.00. The molecule has 0 spiro atoms. The maximum Gasteiger partial charge on any atom is 0 e. The molecule has 1 radical (unpaired) electrons. The molecule has 4 heavy (non-hydrogen) atoms. The van der Waals surface area contributed by atoms with Crippen molar-refractivity contribution in [3.05, 3.63) is 0 Å². The second kappa shape index (κ2) is 24.5. The summed E-state index contributed by atoms with van der Waals surface area (Å²) in [6.07, 6.45) is 0. The van der Waals surface area contributed by atoms with E-state index in [-0.39, 0.29) is 43.0 Å². The molecule has 0 bridgehead atoms. The first-order chi connectivity index (χ1) is 1.00. The van der Waals surface area contributed by atoms with Gasteiger partial charge in [0.15, 0.2) is 0 Å². The predicted molar refractivity (Wildman–Crippen MR) is 18.9 cm³/mol. The van der Waals surface area contributed by atoms with E-state index in [4.69, 9.17) is 4.57 Å². The van der Waals surface area contributed by atoms with Crippen LogP contribution in [0.2, 0.25) is 0 Å². The minimum Gasteiger partial charge on any atom is 0 e. The van der Waals surface area contributed by atoms with Gasteiger partial charge >= 0.3 is 24.4 Å². The topological polar surface area (TPSA) is 17.1 Å². The van der Waals surface area contributed by atoms with Gasteiger partial charge in [0.05, 0.1) is 0 Å². The van der Waals surface area contributed by atoms with Crippen molar-refractivity contribution in [1.29, 1.82) is 0 Å². The van der Waals surface area contributed by atoms with Crippen LogP contribution in [0.15, 0.2) is 0 Å². The summed E-state index contributed by atoms with van der Waals surface area (Å²) in [5, 5.41) is 0. The van der Waals surface area contributed by atoms with E-state index in [1.807, 2.05) is 0 Å². The van der Waals surface area contributed by atoms with Crippen LogP contribution in [0.1, 0.15) is 0 Å². The smallest absolute Gasteiger partial charge is 0 e. The molecule has 0 fully saturated rings. The molecule has 0 amide bonds. The molecule has 0 rings (SSSR count). The van der Waals surface area contributed by atoms with E-state index >= 15 is 0 Å². The molecule has 0 atom stereocenters. The summed E-state index contributed by atoms with van der Waals surface area (Å²) in [4.78, 5) is 0. The van der Waals surface area contributed by atoms with Gasteiger partial charge in [-0.15, -0.1) is 0 Å². The van der Waals surface area contributed by atoms with Gasteiger partial charge in [0.2, 0.25) is 0 Å². The molecule has 4 heteroatoms. The van der Waals surface area contributed by atoms with Crippen molar-refractivity contribution in [1.82, 2.24) is 0 Å². The van der Waals surface area contributed by atoms with Gasteiger partial charge < -0.3 is 0 Å². The second-order valence-electron chi connectivity index (χ2n) is 0. The Bertz CT molecular complexity index is 8.00.